The van der Waals surface area contributed by atoms with E-state index in [-0.39, 0.29) is 22.6 Å². The Balaban J connectivity index is 1.47. The fraction of sp³-hybridized carbons (Fsp3) is 0.440. The van der Waals surface area contributed by atoms with Gasteiger partial charge >= 0.3 is 6.18 Å². The molecule has 1 fully saturated rings. The molecule has 0 aromatic heterocycles. The van der Waals surface area contributed by atoms with Crippen LogP contribution in [0.15, 0.2) is 59.7 Å². The molecule has 8 heteroatoms. The number of amides is 1. The lowest BCUT2D eigenvalue weighted by Gasteiger charge is -2.38. The first-order chi connectivity index (χ1) is 15.5. The monoisotopic (exact) mass is 460 g/mol. The van der Waals surface area contributed by atoms with Crippen LogP contribution in [0.2, 0.25) is 0 Å². The number of halogens is 3. The first kappa shape index (κ1) is 23.3. The summed E-state index contributed by atoms with van der Waals surface area (Å²) < 4.78 is 47.0. The number of carbonyl (C=O) groups excluding carboxylic acids is 1. The molecule has 2 aromatic rings. The highest BCUT2D eigenvalue weighted by molar-refractivity contribution is 5.93. The van der Waals surface area contributed by atoms with Gasteiger partial charge < -0.3 is 9.84 Å². The minimum atomic E-state index is -5.03. The largest absolute Gasteiger partial charge is 0.484 e. The minimum Gasteiger partial charge on any atom is -0.484 e. The highest BCUT2D eigenvalue weighted by Crippen LogP contribution is 2.48. The van der Waals surface area contributed by atoms with Gasteiger partial charge in [0.1, 0.15) is 5.75 Å². The van der Waals surface area contributed by atoms with Gasteiger partial charge in [-0.25, -0.2) is 0 Å². The highest BCUT2D eigenvalue weighted by Gasteiger charge is 2.68. The number of carbonyl (C=O) groups is 1. The maximum Gasteiger partial charge on any atom is 0.439 e. The molecule has 2 aromatic carbocycles. The summed E-state index contributed by atoms with van der Waals surface area (Å²) in [6.07, 6.45) is -3.31. The van der Waals surface area contributed by atoms with Crippen molar-refractivity contribution < 1.29 is 27.8 Å². The Hall–Kier alpha value is -2.87. The Morgan fingerprint density at radius 2 is 1.73 bits per heavy atom. The van der Waals surface area contributed by atoms with Crippen LogP contribution < -0.4 is 4.74 Å². The summed E-state index contributed by atoms with van der Waals surface area (Å²) in [7, 11) is 0. The summed E-state index contributed by atoms with van der Waals surface area (Å²) in [4.78, 5) is 12.7. The second-order valence-corrected chi connectivity index (χ2v) is 9.12. The van der Waals surface area contributed by atoms with Gasteiger partial charge in [-0.15, -0.1) is 0 Å². The molecule has 0 spiro atoms. The van der Waals surface area contributed by atoms with Gasteiger partial charge in [0.2, 0.25) is 0 Å². The molecule has 0 saturated heterocycles. The average molecular weight is 460 g/mol. The van der Waals surface area contributed by atoms with Gasteiger partial charge in [-0.1, -0.05) is 62.7 Å². The molecular weight excluding hydrogens is 433 g/mol. The summed E-state index contributed by atoms with van der Waals surface area (Å²) in [5.74, 6) is -1.92. The van der Waals surface area contributed by atoms with Crippen molar-refractivity contribution in [2.75, 3.05) is 6.61 Å². The summed E-state index contributed by atoms with van der Waals surface area (Å²) >= 11 is 0. The molecule has 1 aliphatic heterocycles. The zero-order valence-corrected chi connectivity index (χ0v) is 18.6. The Kier molecular flexibility index (Phi) is 5.99. The van der Waals surface area contributed by atoms with Crippen LogP contribution in [-0.4, -0.2) is 40.2 Å². The van der Waals surface area contributed by atoms with E-state index in [2.05, 4.69) is 18.9 Å². The fourth-order valence-electron chi connectivity index (χ4n) is 4.66. The third-order valence-corrected chi connectivity index (χ3v) is 6.70. The van der Waals surface area contributed by atoms with Gasteiger partial charge in [-0.3, -0.25) is 4.79 Å². The topological polar surface area (TPSA) is 62.1 Å². The van der Waals surface area contributed by atoms with Crippen molar-refractivity contribution in [2.45, 2.75) is 56.8 Å². The lowest BCUT2D eigenvalue weighted by molar-refractivity contribution is -0.317. The number of rotatable bonds is 5. The molecule has 1 amide bonds. The predicted octanol–water partition coefficient (Wildman–Crippen LogP) is 5.03. The Bertz CT molecular complexity index is 1040. The SMILES string of the molecule is CC(C)(c1ccccc1)c1ccc(OCC(=O)N2N=C3CCCC[C@H]3[C@@]2(O)C(F)(F)F)cc1. The van der Waals surface area contributed by atoms with Gasteiger partial charge in [0, 0.05) is 11.1 Å². The molecule has 1 saturated carbocycles. The summed E-state index contributed by atoms with van der Waals surface area (Å²) in [5, 5.41) is 14.7. The molecule has 1 heterocycles. The van der Waals surface area contributed by atoms with Crippen LogP contribution in [-0.2, 0) is 10.2 Å². The van der Waals surface area contributed by atoms with Gasteiger partial charge in [0.25, 0.3) is 11.6 Å². The summed E-state index contributed by atoms with van der Waals surface area (Å²) in [6, 6.07) is 17.1. The zero-order chi connectivity index (χ0) is 23.9. The van der Waals surface area contributed by atoms with Crippen molar-refractivity contribution in [1.29, 1.82) is 0 Å². The van der Waals surface area contributed by atoms with E-state index in [4.69, 9.17) is 4.74 Å². The number of hydrogen-bond acceptors (Lipinski definition) is 4. The molecule has 0 radical (unpaired) electrons. The summed E-state index contributed by atoms with van der Waals surface area (Å²) in [6.45, 7) is 3.51. The smallest absolute Gasteiger partial charge is 0.439 e. The van der Waals surface area contributed by atoms with Gasteiger partial charge in [-0.2, -0.15) is 23.3 Å². The van der Waals surface area contributed by atoms with E-state index in [0.717, 1.165) is 11.1 Å². The number of alkyl halides is 3. The van der Waals surface area contributed by atoms with Gasteiger partial charge in [0.05, 0.1) is 5.92 Å². The van der Waals surface area contributed by atoms with Crippen molar-refractivity contribution in [3.05, 3.63) is 65.7 Å². The first-order valence-electron chi connectivity index (χ1n) is 11.0. The molecule has 0 bridgehead atoms. The molecule has 2 aliphatic rings. The second-order valence-electron chi connectivity index (χ2n) is 9.12. The molecular formula is C25H27F3N2O3. The number of fused-ring (bicyclic) bond motifs is 1. The molecule has 1 aliphatic carbocycles. The van der Waals surface area contributed by atoms with Crippen LogP contribution in [0, 0.1) is 5.92 Å². The van der Waals surface area contributed by atoms with Crippen LogP contribution >= 0.6 is 0 Å². The third kappa shape index (κ3) is 4.12. The van der Waals surface area contributed by atoms with Crippen molar-refractivity contribution >= 4 is 11.6 Å². The number of benzene rings is 2. The van der Waals surface area contributed by atoms with E-state index in [1.165, 1.54) is 0 Å². The number of ether oxygens (including phenoxy) is 1. The first-order valence-corrected chi connectivity index (χ1v) is 11.0. The maximum atomic E-state index is 13.8. The lowest BCUT2D eigenvalue weighted by Crippen LogP contribution is -2.62. The van der Waals surface area contributed by atoms with Crippen LogP contribution in [0.1, 0.15) is 50.7 Å². The van der Waals surface area contributed by atoms with Crippen LogP contribution in [0.4, 0.5) is 13.2 Å². The molecule has 33 heavy (non-hydrogen) atoms. The lowest BCUT2D eigenvalue weighted by atomic mass is 9.78. The average Bonchev–Trinajstić information content (AvgIpc) is 3.12. The van der Waals surface area contributed by atoms with E-state index in [0.29, 0.717) is 25.0 Å². The zero-order valence-electron chi connectivity index (χ0n) is 18.6. The number of hydrogen-bond donors (Lipinski definition) is 1. The molecule has 2 atom stereocenters. The summed E-state index contributed by atoms with van der Waals surface area (Å²) in [5.41, 5.74) is -1.21. The quantitative estimate of drug-likeness (QED) is 0.681. The Labute approximate surface area is 190 Å². The fourth-order valence-corrected chi connectivity index (χ4v) is 4.66. The molecule has 5 nitrogen and oxygen atoms in total. The maximum absolute atomic E-state index is 13.8. The molecule has 1 N–H and O–H groups in total. The van der Waals surface area contributed by atoms with E-state index < -0.39 is 30.3 Å². The van der Waals surface area contributed by atoms with Crippen LogP contribution in [0.25, 0.3) is 0 Å². The van der Waals surface area contributed by atoms with Gasteiger partial charge in [-0.05, 0) is 42.5 Å². The number of nitrogens with zero attached hydrogens (tertiary/aromatic N) is 2. The second kappa shape index (κ2) is 8.48. The normalized spacial score (nSPS) is 23.2. The van der Waals surface area contributed by atoms with Crippen molar-refractivity contribution in [2.24, 2.45) is 11.0 Å². The van der Waals surface area contributed by atoms with E-state index >= 15 is 0 Å². The van der Waals surface area contributed by atoms with Crippen molar-refractivity contribution in [3.8, 4) is 5.75 Å². The molecule has 0 unspecified atom stereocenters. The standard InChI is InChI=1S/C25H27F3N2O3/c1-23(2,17-8-4-3-5-9-17)18-12-14-19(15-13-18)33-16-22(31)30-24(32,25(26,27)28)20-10-6-7-11-21(20)29-30/h3-5,8-9,12-15,20,32H,6-7,10-11,16H2,1-2H3/t20-,24-/m1/s1. The Morgan fingerprint density at radius 1 is 1.09 bits per heavy atom. The third-order valence-electron chi connectivity index (χ3n) is 6.70. The number of hydrazone groups is 1. The number of aliphatic hydroxyl groups is 1. The van der Waals surface area contributed by atoms with E-state index in [1.54, 1.807) is 12.1 Å². The van der Waals surface area contributed by atoms with Crippen molar-refractivity contribution in [1.82, 2.24) is 5.01 Å². The van der Waals surface area contributed by atoms with E-state index in [1.807, 2.05) is 42.5 Å². The van der Waals surface area contributed by atoms with Crippen molar-refractivity contribution in [3.63, 3.8) is 0 Å². The highest BCUT2D eigenvalue weighted by atomic mass is 19.4. The minimum absolute atomic E-state index is 0.137. The molecule has 176 valence electrons. The van der Waals surface area contributed by atoms with Crippen LogP contribution in [0.5, 0.6) is 5.75 Å². The Morgan fingerprint density at radius 3 is 2.36 bits per heavy atom. The van der Waals surface area contributed by atoms with Crippen LogP contribution in [0.3, 0.4) is 0 Å². The van der Waals surface area contributed by atoms with E-state index in [9.17, 15) is 23.1 Å². The molecule has 4 rings (SSSR count). The van der Waals surface area contributed by atoms with Gasteiger partial charge in [0.15, 0.2) is 6.61 Å². The predicted molar refractivity (Wildman–Crippen MR) is 118 cm³/mol.